The number of carbonyl (C=O) groups excluding carboxylic acids is 5. The number of aryl methyl sites for hydroxylation is 2. The van der Waals surface area contributed by atoms with Crippen LogP contribution in [0.3, 0.4) is 0 Å². The predicted octanol–water partition coefficient (Wildman–Crippen LogP) is 8.38. The number of carboxylic acid groups (broad SMARTS) is 1. The van der Waals surface area contributed by atoms with E-state index in [1.54, 1.807) is 22.7 Å². The fraction of sp³-hybridized carbons (Fsp3) is 0.475. The molecule has 6 N–H and O–H groups in total. The maximum atomic E-state index is 12.1. The second-order valence-electron chi connectivity index (χ2n) is 19.0. The number of carbonyl (C=O) groups is 6. The number of ether oxygens (including phenoxy) is 8. The maximum Gasteiger partial charge on any atom is 0.335 e. The van der Waals surface area contributed by atoms with E-state index < -0.39 is 23.8 Å². The zero-order valence-electron chi connectivity index (χ0n) is 50.5. The van der Waals surface area contributed by atoms with Crippen molar-refractivity contribution in [3.8, 4) is 21.1 Å². The van der Waals surface area contributed by atoms with Crippen molar-refractivity contribution in [1.29, 1.82) is 4.78 Å². The van der Waals surface area contributed by atoms with Crippen LogP contribution in [0, 0.1) is 18.6 Å². The third-order valence-corrected chi connectivity index (χ3v) is 14.3. The van der Waals surface area contributed by atoms with Gasteiger partial charge in [0.05, 0.1) is 139 Å². The number of nitrogens with zero attached hydrogens (tertiary/aromatic N) is 3. The molecule has 1 fully saturated rings. The number of aromatic nitrogens is 2. The molecule has 1 aliphatic heterocycles. The number of nitrogens with one attached hydrogen (secondary N) is 5. The van der Waals surface area contributed by atoms with Crippen LogP contribution in [0.5, 0.6) is 0 Å². The lowest BCUT2D eigenvalue weighted by Crippen LogP contribution is -2.32. The highest BCUT2D eigenvalue weighted by Gasteiger charge is 2.32. The normalized spacial score (nSPS) is 11.7. The van der Waals surface area contributed by atoms with Gasteiger partial charge >= 0.3 is 11.9 Å². The number of halogens is 1. The molecule has 0 radical (unpaired) electrons. The minimum atomic E-state index is -0.878. The Labute approximate surface area is 538 Å². The van der Waals surface area contributed by atoms with Crippen LogP contribution in [0.15, 0.2) is 84.9 Å². The number of imide groups is 1. The lowest BCUT2D eigenvalue weighted by atomic mass is 10.2. The van der Waals surface area contributed by atoms with Crippen molar-refractivity contribution in [2.75, 3.05) is 149 Å². The number of fused-ring (bicyclic) bond motifs is 2. The van der Waals surface area contributed by atoms with Gasteiger partial charge in [-0.2, -0.15) is 0 Å². The summed E-state index contributed by atoms with van der Waals surface area (Å²) >= 11 is 11.3. The van der Waals surface area contributed by atoms with Crippen LogP contribution in [0.4, 0.5) is 11.4 Å². The average Bonchev–Trinajstić information content (AvgIpc) is 2.75. The molecule has 1 saturated heterocycles. The number of aliphatic carboxylic acids is 1. The molecule has 89 heavy (non-hydrogen) atoms. The van der Waals surface area contributed by atoms with E-state index in [-0.39, 0.29) is 58.7 Å². The van der Waals surface area contributed by atoms with Crippen LogP contribution in [-0.4, -0.2) is 194 Å². The van der Waals surface area contributed by atoms with E-state index in [4.69, 9.17) is 62.6 Å². The van der Waals surface area contributed by atoms with Crippen molar-refractivity contribution in [2.45, 2.75) is 52.4 Å². The number of amides is 4. The molecular weight excluding hydrogens is 1230 g/mol. The van der Waals surface area contributed by atoms with Crippen LogP contribution in [0.2, 0.25) is 0 Å². The number of hydrogen-bond acceptors (Lipinski definition) is 23. The van der Waals surface area contributed by atoms with E-state index >= 15 is 0 Å². The van der Waals surface area contributed by atoms with Gasteiger partial charge in [0, 0.05) is 94.6 Å². The molecule has 488 valence electrons. The summed E-state index contributed by atoms with van der Waals surface area (Å²) in [4.78, 5) is 83.2. The van der Waals surface area contributed by atoms with Crippen molar-refractivity contribution < 1.29 is 78.0 Å². The van der Waals surface area contributed by atoms with Crippen LogP contribution >= 0.6 is 34.3 Å². The number of alkyl halides is 1. The first kappa shape index (κ1) is 74.7. The molecule has 0 spiro atoms. The number of hydrogen-bond donors (Lipinski definition) is 6. The largest absolute Gasteiger partial charge is 0.481 e. The molecule has 0 bridgehead atoms. The molecule has 0 saturated carbocycles. The highest BCUT2D eigenvalue weighted by atomic mass is 35.5. The molecule has 0 atom stereocenters. The van der Waals surface area contributed by atoms with Crippen molar-refractivity contribution in [2.24, 2.45) is 0 Å². The van der Waals surface area contributed by atoms with E-state index in [1.807, 2.05) is 48.5 Å². The SMILES string of the molecule is CCl.Cc1ccc2nc(-c3ccc(NCCC(=O)NCCOCCOCCOCCOCCC(=O)O)cc3)sc2c1.Cc1ccc2nc(-c3ccc(NCCC(=O)NCCOCCOCCOCCOCCC(=O)ON4C(=O)CCC4=O)cc3)sc2c1.N=S.[2HH]. The number of hydroxylamine groups is 2. The highest BCUT2D eigenvalue weighted by molar-refractivity contribution is 7.45. The minimum Gasteiger partial charge on any atom is -0.481 e. The minimum absolute atomic E-state index is 0. The van der Waals surface area contributed by atoms with E-state index in [9.17, 15) is 28.8 Å². The Morgan fingerprint density at radius 1 is 0.517 bits per heavy atom. The number of anilines is 2. The zero-order valence-corrected chi connectivity index (χ0v) is 53.7. The fourth-order valence-corrected chi connectivity index (χ4v) is 9.90. The average molecular weight is 1320 g/mol. The summed E-state index contributed by atoms with van der Waals surface area (Å²) in [6.07, 6.45) is 2.21. The summed E-state index contributed by atoms with van der Waals surface area (Å²) in [5, 5.41) is 23.2. The monoisotopic (exact) mass is 1320 g/mol. The van der Waals surface area contributed by atoms with Crippen molar-refractivity contribution >= 4 is 114 Å². The molecule has 3 heterocycles. The zero-order chi connectivity index (χ0) is 64.3. The summed E-state index contributed by atoms with van der Waals surface area (Å²) in [7, 11) is 0. The molecule has 2 aromatic heterocycles. The second kappa shape index (κ2) is 45.5. The number of benzene rings is 4. The Morgan fingerprint density at radius 3 is 1.24 bits per heavy atom. The van der Waals surface area contributed by atoms with Gasteiger partial charge in [-0.25, -0.2) is 19.5 Å². The molecule has 0 aliphatic carbocycles. The first-order valence-electron chi connectivity index (χ1n) is 28.8. The van der Waals surface area contributed by atoms with E-state index in [0.29, 0.717) is 130 Å². The van der Waals surface area contributed by atoms with Gasteiger partial charge in [-0.1, -0.05) is 12.1 Å². The number of carboxylic acids is 1. The Balaban J connectivity index is 0.000000446. The van der Waals surface area contributed by atoms with Crippen LogP contribution in [0.1, 0.15) is 51.1 Å². The van der Waals surface area contributed by atoms with Gasteiger partial charge in [0.25, 0.3) is 11.8 Å². The van der Waals surface area contributed by atoms with Crippen molar-refractivity contribution in [1.82, 2.24) is 25.7 Å². The Morgan fingerprint density at radius 2 is 0.865 bits per heavy atom. The van der Waals surface area contributed by atoms with Gasteiger partial charge in [0.2, 0.25) is 11.8 Å². The smallest absolute Gasteiger partial charge is 0.335 e. The lowest BCUT2D eigenvalue weighted by Gasteiger charge is -2.12. The summed E-state index contributed by atoms with van der Waals surface area (Å²) < 4.78 is 50.6. The first-order valence-corrected chi connectivity index (χ1v) is 31.6. The molecule has 0 unspecified atom stereocenters. The molecule has 28 heteroatoms. The molecular formula is C61H83ClN8O16S3. The second-order valence-corrected chi connectivity index (χ2v) is 21.1. The maximum absolute atomic E-state index is 12.1. The van der Waals surface area contributed by atoms with Gasteiger partial charge in [-0.15, -0.1) is 39.3 Å². The predicted molar refractivity (Wildman–Crippen MR) is 346 cm³/mol. The fourth-order valence-electron chi connectivity index (χ4n) is 7.76. The van der Waals surface area contributed by atoms with Gasteiger partial charge < -0.3 is 69.1 Å². The molecule has 7 rings (SSSR count). The highest BCUT2D eigenvalue weighted by Crippen LogP contribution is 2.33. The molecule has 4 aromatic carbocycles. The molecule has 4 amide bonds. The number of thiazole rings is 2. The third kappa shape index (κ3) is 31.0. The molecule has 6 aromatic rings. The van der Waals surface area contributed by atoms with Crippen molar-refractivity contribution in [3.05, 3.63) is 96.1 Å². The van der Waals surface area contributed by atoms with Crippen LogP contribution < -0.4 is 21.3 Å². The van der Waals surface area contributed by atoms with Crippen molar-refractivity contribution in [3.63, 3.8) is 0 Å². The van der Waals surface area contributed by atoms with Crippen LogP contribution in [0.25, 0.3) is 41.6 Å². The summed E-state index contributed by atoms with van der Waals surface area (Å²) in [5.74, 6) is -2.69. The lowest BCUT2D eigenvalue weighted by molar-refractivity contribution is -0.198. The van der Waals surface area contributed by atoms with E-state index in [2.05, 4.69) is 95.5 Å². The van der Waals surface area contributed by atoms with E-state index in [0.717, 1.165) is 43.6 Å². The van der Waals surface area contributed by atoms with Gasteiger partial charge in [0.1, 0.15) is 10.0 Å². The summed E-state index contributed by atoms with van der Waals surface area (Å²) in [6, 6.07) is 28.7. The Bertz CT molecular complexity index is 3020. The Hall–Kier alpha value is -6.73. The van der Waals surface area contributed by atoms with Crippen LogP contribution in [-0.2, 0) is 83.9 Å². The van der Waals surface area contributed by atoms with Gasteiger partial charge in [0.15, 0.2) is 0 Å². The molecule has 24 nitrogen and oxygen atoms in total. The third-order valence-electron chi connectivity index (χ3n) is 12.2. The molecule has 1 aliphatic rings. The quantitative estimate of drug-likeness (QED) is 0.0119. The Kier molecular flexibility index (Phi) is 38.2. The topological polar surface area (TPSA) is 307 Å². The van der Waals surface area contributed by atoms with Gasteiger partial charge in [-0.05, 0) is 97.8 Å². The standard InChI is InChI=1S/C32H40N4O9S.C28H37N3O7S.CH3Cl.HNS.H2/c1-23-2-7-26-27(22-23)46-32(35-26)24-3-5-25(6-4-24)33-12-10-28(37)34-13-15-42-17-19-44-21-20-43-18-16-41-14-11-31(40)45-36-29(38)8-9-30(36)39;1-21-2-7-24-25(20-21)39-28(31-24)22-3-5-23(6-4-22)29-10-8-26(32)30-11-13-36-15-17-38-19-18-37-16-14-35-12-9-27(33)34;2*1-2;/h2-7,22,33H,8-21H2,1H3,(H,34,37);2-7,20,29H,8-19H2,1H3,(H,30,32)(H,33,34);1H3;1H;1H/i;;;;1+1. The number of rotatable bonds is 41. The summed E-state index contributed by atoms with van der Waals surface area (Å²) in [6.45, 7) is 11.8. The van der Waals surface area contributed by atoms with Gasteiger partial charge in [-0.3, -0.25) is 24.0 Å². The van der Waals surface area contributed by atoms with E-state index in [1.165, 1.54) is 26.9 Å². The summed E-state index contributed by atoms with van der Waals surface area (Å²) in [5.41, 5.74) is 8.53. The first-order chi connectivity index (χ1) is 43.4.